The van der Waals surface area contributed by atoms with Gasteiger partial charge in [-0.25, -0.2) is 9.78 Å². The second-order valence-electron chi connectivity index (χ2n) is 4.39. The molecule has 0 bridgehead atoms. The molecule has 6 nitrogen and oxygen atoms in total. The summed E-state index contributed by atoms with van der Waals surface area (Å²) in [6.07, 6.45) is 1.30. The van der Waals surface area contributed by atoms with Crippen LogP contribution in [0.25, 0.3) is 0 Å². The molecule has 1 N–H and O–H groups in total. The minimum absolute atomic E-state index is 0.0578. The van der Waals surface area contributed by atoms with Crippen LogP contribution in [0.5, 0.6) is 0 Å². The lowest BCUT2D eigenvalue weighted by molar-refractivity contribution is -0.134. The minimum atomic E-state index is -1.01. The van der Waals surface area contributed by atoms with E-state index in [1.807, 2.05) is 6.92 Å². The third kappa shape index (κ3) is 3.71. The van der Waals surface area contributed by atoms with Crippen LogP contribution in [0, 0.1) is 0 Å². The maximum Gasteiger partial charge on any atom is 0.337 e. The van der Waals surface area contributed by atoms with E-state index in [0.717, 1.165) is 0 Å². The van der Waals surface area contributed by atoms with E-state index in [0.29, 0.717) is 31.3 Å². The molecule has 0 aliphatic carbocycles. The normalized spacial score (nSPS) is 16.8. The van der Waals surface area contributed by atoms with E-state index >= 15 is 0 Å². The molecular formula is C13H16N2O4S. The number of pyridine rings is 1. The molecule has 1 fully saturated rings. The van der Waals surface area contributed by atoms with Gasteiger partial charge in [-0.3, -0.25) is 4.79 Å². The topological polar surface area (TPSA) is 79.7 Å². The lowest BCUT2D eigenvalue weighted by Gasteiger charge is -2.28. The molecule has 0 spiro atoms. The molecule has 0 aromatic carbocycles. The van der Waals surface area contributed by atoms with Gasteiger partial charge in [-0.15, -0.1) is 0 Å². The van der Waals surface area contributed by atoms with Gasteiger partial charge in [-0.2, -0.15) is 0 Å². The zero-order chi connectivity index (χ0) is 14.5. The summed E-state index contributed by atoms with van der Waals surface area (Å²) in [5.41, 5.74) is 0.140. The summed E-state index contributed by atoms with van der Waals surface area (Å²) in [6, 6.07) is 3.11. The van der Waals surface area contributed by atoms with E-state index in [4.69, 9.17) is 9.84 Å². The summed E-state index contributed by atoms with van der Waals surface area (Å²) < 4.78 is 5.21. The summed E-state index contributed by atoms with van der Waals surface area (Å²) in [4.78, 5) is 28.8. The average molecular weight is 296 g/mol. The second-order valence-corrected chi connectivity index (χ2v) is 5.75. The van der Waals surface area contributed by atoms with Crippen molar-refractivity contribution < 1.29 is 19.4 Å². The second kappa shape index (κ2) is 6.71. The minimum Gasteiger partial charge on any atom is -0.478 e. The molecule has 1 amide bonds. The van der Waals surface area contributed by atoms with Crippen LogP contribution in [-0.2, 0) is 9.53 Å². The Morgan fingerprint density at radius 2 is 2.10 bits per heavy atom. The van der Waals surface area contributed by atoms with Gasteiger partial charge in [0.2, 0.25) is 5.91 Å². The van der Waals surface area contributed by atoms with Crippen LogP contribution in [-0.4, -0.2) is 58.4 Å². The summed E-state index contributed by atoms with van der Waals surface area (Å²) >= 11 is 1.33. The number of hydrogen-bond donors (Lipinski definition) is 1. The molecule has 1 saturated heterocycles. The Labute approximate surface area is 121 Å². The van der Waals surface area contributed by atoms with Crippen LogP contribution in [0.15, 0.2) is 23.4 Å². The monoisotopic (exact) mass is 296 g/mol. The van der Waals surface area contributed by atoms with Gasteiger partial charge < -0.3 is 14.7 Å². The summed E-state index contributed by atoms with van der Waals surface area (Å²) in [5, 5.41) is 9.19. The zero-order valence-electron chi connectivity index (χ0n) is 11.1. The highest BCUT2D eigenvalue weighted by atomic mass is 32.2. The lowest BCUT2D eigenvalue weighted by atomic mass is 10.3. The van der Waals surface area contributed by atoms with Gasteiger partial charge in [0.25, 0.3) is 0 Å². The highest BCUT2D eigenvalue weighted by molar-refractivity contribution is 8.00. The molecule has 2 rings (SSSR count). The number of hydrogen-bond acceptors (Lipinski definition) is 5. The van der Waals surface area contributed by atoms with Crippen molar-refractivity contribution >= 4 is 23.6 Å². The molecule has 1 aliphatic rings. The molecule has 1 aromatic rings. The standard InChI is InChI=1S/C13H16N2O4S/c1-9(12(16)15-4-6-19-7-5-15)20-11-3-2-10(8-14-11)13(17)18/h2-3,8-9H,4-7H2,1H3,(H,17,18). The van der Waals surface area contributed by atoms with Crippen molar-refractivity contribution in [3.63, 3.8) is 0 Å². The van der Waals surface area contributed by atoms with Crippen LogP contribution in [0.4, 0.5) is 0 Å². The molecule has 0 radical (unpaired) electrons. The van der Waals surface area contributed by atoms with Crippen LogP contribution in [0.1, 0.15) is 17.3 Å². The number of aromatic nitrogens is 1. The maximum atomic E-state index is 12.2. The van der Waals surface area contributed by atoms with Crippen molar-refractivity contribution in [2.45, 2.75) is 17.2 Å². The van der Waals surface area contributed by atoms with Crippen LogP contribution < -0.4 is 0 Å². The molecule has 0 saturated carbocycles. The lowest BCUT2D eigenvalue weighted by Crippen LogP contribution is -2.44. The van der Waals surface area contributed by atoms with Gasteiger partial charge in [0, 0.05) is 19.3 Å². The molecule has 2 heterocycles. The number of carboxylic acid groups (broad SMARTS) is 1. The first-order chi connectivity index (χ1) is 9.58. The summed E-state index contributed by atoms with van der Waals surface area (Å²) in [7, 11) is 0. The first kappa shape index (κ1) is 14.8. The van der Waals surface area contributed by atoms with Crippen LogP contribution in [0.3, 0.4) is 0 Å². The van der Waals surface area contributed by atoms with Gasteiger partial charge >= 0.3 is 5.97 Å². The Kier molecular flexibility index (Phi) is 4.97. The molecule has 1 atom stereocenters. The third-order valence-electron chi connectivity index (χ3n) is 2.95. The molecule has 108 valence electrons. The number of aromatic carboxylic acids is 1. The Balaban J connectivity index is 1.94. The SMILES string of the molecule is CC(Sc1ccc(C(=O)O)cn1)C(=O)N1CCOCC1. The van der Waals surface area contributed by atoms with Crippen LogP contribution >= 0.6 is 11.8 Å². The van der Waals surface area contributed by atoms with Crippen LogP contribution in [0.2, 0.25) is 0 Å². The molecule has 1 aromatic heterocycles. The third-order valence-corrected chi connectivity index (χ3v) is 3.99. The fourth-order valence-electron chi connectivity index (χ4n) is 1.85. The van der Waals surface area contributed by atoms with Gasteiger partial charge in [0.15, 0.2) is 0 Å². The van der Waals surface area contributed by atoms with E-state index < -0.39 is 5.97 Å². The predicted molar refractivity (Wildman–Crippen MR) is 73.9 cm³/mol. The number of amides is 1. The Bertz CT molecular complexity index is 486. The van der Waals surface area contributed by atoms with Crippen molar-refractivity contribution in [1.29, 1.82) is 0 Å². The number of ether oxygens (including phenoxy) is 1. The summed E-state index contributed by atoms with van der Waals surface area (Å²) in [5.74, 6) is -0.950. The van der Waals surface area contributed by atoms with Gasteiger partial charge in [0.1, 0.15) is 0 Å². The fourth-order valence-corrected chi connectivity index (χ4v) is 2.72. The van der Waals surface area contributed by atoms with E-state index in [-0.39, 0.29) is 16.7 Å². The van der Waals surface area contributed by atoms with Crippen molar-refractivity contribution in [2.75, 3.05) is 26.3 Å². The Morgan fingerprint density at radius 3 is 2.65 bits per heavy atom. The van der Waals surface area contributed by atoms with Crippen molar-refractivity contribution in [3.8, 4) is 0 Å². The molecule has 1 aliphatic heterocycles. The molecule has 1 unspecified atom stereocenters. The van der Waals surface area contributed by atoms with Crippen molar-refractivity contribution in [1.82, 2.24) is 9.88 Å². The predicted octanol–water partition coefficient (Wildman–Crippen LogP) is 1.12. The Hall–Kier alpha value is -1.60. The maximum absolute atomic E-state index is 12.2. The quantitative estimate of drug-likeness (QED) is 0.839. The number of carboxylic acids is 1. The summed E-state index contributed by atoms with van der Waals surface area (Å²) in [6.45, 7) is 4.23. The Morgan fingerprint density at radius 1 is 1.40 bits per heavy atom. The zero-order valence-corrected chi connectivity index (χ0v) is 11.9. The number of morpholine rings is 1. The van der Waals surface area contributed by atoms with Gasteiger partial charge in [-0.05, 0) is 19.1 Å². The highest BCUT2D eigenvalue weighted by Crippen LogP contribution is 2.23. The fraction of sp³-hybridized carbons (Fsp3) is 0.462. The number of rotatable bonds is 4. The number of carbonyl (C=O) groups is 2. The van der Waals surface area contributed by atoms with Gasteiger partial charge in [-0.1, -0.05) is 11.8 Å². The molecule has 7 heteroatoms. The van der Waals surface area contributed by atoms with Crippen molar-refractivity contribution in [3.05, 3.63) is 23.9 Å². The molecule has 20 heavy (non-hydrogen) atoms. The smallest absolute Gasteiger partial charge is 0.337 e. The average Bonchev–Trinajstić information content (AvgIpc) is 2.48. The van der Waals surface area contributed by atoms with Gasteiger partial charge in [0.05, 0.1) is 29.1 Å². The van der Waals surface area contributed by atoms with E-state index in [2.05, 4.69) is 4.98 Å². The molecular weight excluding hydrogens is 280 g/mol. The number of thioether (sulfide) groups is 1. The highest BCUT2D eigenvalue weighted by Gasteiger charge is 2.23. The van der Waals surface area contributed by atoms with E-state index in [1.165, 1.54) is 24.0 Å². The first-order valence-corrected chi connectivity index (χ1v) is 7.18. The van der Waals surface area contributed by atoms with E-state index in [1.54, 1.807) is 11.0 Å². The largest absolute Gasteiger partial charge is 0.478 e. The van der Waals surface area contributed by atoms with Crippen molar-refractivity contribution in [2.24, 2.45) is 0 Å². The first-order valence-electron chi connectivity index (χ1n) is 6.30. The number of nitrogens with zero attached hydrogens (tertiary/aromatic N) is 2. The number of carbonyl (C=O) groups excluding carboxylic acids is 1. The van der Waals surface area contributed by atoms with E-state index in [9.17, 15) is 9.59 Å².